The molecule has 0 fully saturated rings. The molecule has 2 nitrogen and oxygen atoms in total. The largest absolute Gasteiger partial charge is 0.492 e. The Balaban J connectivity index is 2.38. The van der Waals surface area contributed by atoms with E-state index in [4.69, 9.17) is 4.74 Å². The van der Waals surface area contributed by atoms with Crippen LogP contribution in [0.4, 0.5) is 4.39 Å². The van der Waals surface area contributed by atoms with Crippen molar-refractivity contribution in [1.29, 1.82) is 0 Å². The quantitative estimate of drug-likeness (QED) is 0.702. The monoisotopic (exact) mass is 205 g/mol. The number of hydrogen-bond donors (Lipinski definition) is 1. The molecule has 1 aromatic heterocycles. The van der Waals surface area contributed by atoms with Crippen LogP contribution in [0.2, 0.25) is 0 Å². The summed E-state index contributed by atoms with van der Waals surface area (Å²) in [5.41, 5.74) is 2.59. The van der Waals surface area contributed by atoms with Crippen molar-refractivity contribution in [3.63, 3.8) is 0 Å². The fraction of sp³-hybridized carbons (Fsp3) is 0.333. The number of aryl methyl sites for hydroxylation is 1. The molecule has 2 heterocycles. The fourth-order valence-electron chi connectivity index (χ4n) is 2.22. The minimum atomic E-state index is -0.154. The number of rotatable bonds is 0. The van der Waals surface area contributed by atoms with Crippen LogP contribution in [0.3, 0.4) is 0 Å². The van der Waals surface area contributed by atoms with E-state index >= 15 is 0 Å². The Kier molecular flexibility index (Phi) is 1.75. The third-order valence-electron chi connectivity index (χ3n) is 2.88. The molecule has 0 saturated heterocycles. The van der Waals surface area contributed by atoms with Crippen molar-refractivity contribution in [1.82, 2.24) is 4.98 Å². The summed E-state index contributed by atoms with van der Waals surface area (Å²) < 4.78 is 19.3. The van der Waals surface area contributed by atoms with E-state index in [-0.39, 0.29) is 5.82 Å². The molecule has 1 aliphatic rings. The van der Waals surface area contributed by atoms with E-state index in [9.17, 15) is 4.39 Å². The van der Waals surface area contributed by atoms with Gasteiger partial charge in [0, 0.05) is 16.6 Å². The summed E-state index contributed by atoms with van der Waals surface area (Å²) >= 11 is 0. The van der Waals surface area contributed by atoms with E-state index in [0.717, 1.165) is 40.8 Å². The maximum atomic E-state index is 13.7. The summed E-state index contributed by atoms with van der Waals surface area (Å²) in [6.45, 7) is 2.66. The van der Waals surface area contributed by atoms with Gasteiger partial charge >= 0.3 is 0 Å². The first-order chi connectivity index (χ1) is 7.25. The van der Waals surface area contributed by atoms with Gasteiger partial charge in [0.25, 0.3) is 0 Å². The zero-order valence-corrected chi connectivity index (χ0v) is 8.56. The first kappa shape index (κ1) is 8.77. The van der Waals surface area contributed by atoms with Gasteiger partial charge in [-0.05, 0) is 31.9 Å². The maximum absolute atomic E-state index is 13.7. The number of hydrogen-bond acceptors (Lipinski definition) is 1. The van der Waals surface area contributed by atoms with Gasteiger partial charge in [0.2, 0.25) is 0 Å². The molecule has 1 aliphatic heterocycles. The van der Waals surface area contributed by atoms with Crippen LogP contribution in [0, 0.1) is 12.7 Å². The maximum Gasteiger partial charge on any atom is 0.134 e. The number of nitrogens with one attached hydrogen (secondary N) is 1. The van der Waals surface area contributed by atoms with Crippen LogP contribution in [-0.4, -0.2) is 11.6 Å². The number of H-pyrrole nitrogens is 1. The van der Waals surface area contributed by atoms with E-state index in [2.05, 4.69) is 4.98 Å². The fourth-order valence-corrected chi connectivity index (χ4v) is 2.22. The van der Waals surface area contributed by atoms with Gasteiger partial charge < -0.3 is 9.72 Å². The van der Waals surface area contributed by atoms with Gasteiger partial charge in [0.05, 0.1) is 12.1 Å². The molecule has 0 spiro atoms. The predicted octanol–water partition coefficient (Wildman–Crippen LogP) is 2.94. The van der Waals surface area contributed by atoms with E-state index in [1.54, 1.807) is 6.07 Å². The Labute approximate surface area is 87.1 Å². The molecule has 78 valence electrons. The van der Waals surface area contributed by atoms with Crippen molar-refractivity contribution in [2.45, 2.75) is 19.8 Å². The smallest absolute Gasteiger partial charge is 0.134 e. The summed E-state index contributed by atoms with van der Waals surface area (Å²) in [5, 5.41) is 1.00. The van der Waals surface area contributed by atoms with Gasteiger partial charge in [-0.15, -0.1) is 0 Å². The standard InChI is InChI=1S/C12H12FNO/c1-7-5-9-11(14-7)6-10(13)8-3-2-4-15-12(8)9/h5-6,14H,2-4H2,1H3. The lowest BCUT2D eigenvalue weighted by molar-refractivity contribution is 0.288. The van der Waals surface area contributed by atoms with E-state index < -0.39 is 0 Å². The van der Waals surface area contributed by atoms with Gasteiger partial charge in [-0.1, -0.05) is 0 Å². The molecule has 1 N–H and O–H groups in total. The van der Waals surface area contributed by atoms with Crippen molar-refractivity contribution in [3.8, 4) is 5.75 Å². The number of halogens is 1. The average Bonchev–Trinajstić information content (AvgIpc) is 2.59. The summed E-state index contributed by atoms with van der Waals surface area (Å²) in [5.74, 6) is 0.583. The Morgan fingerprint density at radius 1 is 1.40 bits per heavy atom. The topological polar surface area (TPSA) is 25.0 Å². The minimum absolute atomic E-state index is 0.154. The zero-order chi connectivity index (χ0) is 10.4. The van der Waals surface area contributed by atoms with Crippen LogP contribution in [-0.2, 0) is 6.42 Å². The van der Waals surface area contributed by atoms with E-state index in [0.29, 0.717) is 6.61 Å². The average molecular weight is 205 g/mol. The number of aromatic nitrogens is 1. The summed E-state index contributed by atoms with van der Waals surface area (Å²) in [6, 6.07) is 3.58. The number of benzene rings is 1. The van der Waals surface area contributed by atoms with Gasteiger partial charge in [0.1, 0.15) is 11.6 Å². The lowest BCUT2D eigenvalue weighted by Crippen LogP contribution is -2.10. The second kappa shape index (κ2) is 2.99. The van der Waals surface area contributed by atoms with E-state index in [1.807, 2.05) is 13.0 Å². The minimum Gasteiger partial charge on any atom is -0.492 e. The van der Waals surface area contributed by atoms with Crippen molar-refractivity contribution in [3.05, 3.63) is 29.2 Å². The Bertz CT molecular complexity index is 530. The first-order valence-electron chi connectivity index (χ1n) is 5.19. The summed E-state index contributed by atoms with van der Waals surface area (Å²) in [7, 11) is 0. The van der Waals surface area contributed by atoms with Crippen LogP contribution in [0.25, 0.3) is 10.9 Å². The molecular formula is C12H12FNO. The molecule has 0 bridgehead atoms. The second-order valence-electron chi connectivity index (χ2n) is 4.03. The molecule has 15 heavy (non-hydrogen) atoms. The first-order valence-corrected chi connectivity index (χ1v) is 5.19. The number of ether oxygens (including phenoxy) is 1. The van der Waals surface area contributed by atoms with Crippen LogP contribution >= 0.6 is 0 Å². The Morgan fingerprint density at radius 3 is 3.13 bits per heavy atom. The molecule has 0 radical (unpaired) electrons. The van der Waals surface area contributed by atoms with Crippen molar-refractivity contribution in [2.75, 3.05) is 6.61 Å². The molecular weight excluding hydrogens is 193 g/mol. The molecule has 0 unspecified atom stereocenters. The highest BCUT2D eigenvalue weighted by Gasteiger charge is 2.19. The second-order valence-corrected chi connectivity index (χ2v) is 4.03. The lowest BCUT2D eigenvalue weighted by Gasteiger charge is -2.18. The van der Waals surface area contributed by atoms with Crippen LogP contribution in [0.5, 0.6) is 5.75 Å². The Hall–Kier alpha value is -1.51. The van der Waals surface area contributed by atoms with Crippen LogP contribution in [0.1, 0.15) is 17.7 Å². The normalized spacial score (nSPS) is 15.1. The van der Waals surface area contributed by atoms with Crippen molar-refractivity contribution < 1.29 is 9.13 Å². The molecule has 0 aliphatic carbocycles. The third kappa shape index (κ3) is 1.23. The highest BCUT2D eigenvalue weighted by molar-refractivity contribution is 5.88. The molecule has 3 heteroatoms. The molecule has 3 rings (SSSR count). The zero-order valence-electron chi connectivity index (χ0n) is 8.56. The number of fused-ring (bicyclic) bond motifs is 3. The molecule has 1 aromatic carbocycles. The molecule has 0 saturated carbocycles. The molecule has 0 atom stereocenters. The highest BCUT2D eigenvalue weighted by Crippen LogP contribution is 2.35. The Morgan fingerprint density at radius 2 is 2.27 bits per heavy atom. The third-order valence-corrected chi connectivity index (χ3v) is 2.88. The highest BCUT2D eigenvalue weighted by atomic mass is 19.1. The summed E-state index contributed by atoms with van der Waals surface area (Å²) in [6.07, 6.45) is 1.68. The van der Waals surface area contributed by atoms with Crippen LogP contribution in [0.15, 0.2) is 12.1 Å². The number of aromatic amines is 1. The van der Waals surface area contributed by atoms with Crippen molar-refractivity contribution in [2.24, 2.45) is 0 Å². The van der Waals surface area contributed by atoms with E-state index in [1.165, 1.54) is 0 Å². The predicted molar refractivity (Wildman–Crippen MR) is 56.8 cm³/mol. The van der Waals surface area contributed by atoms with Gasteiger partial charge in [-0.25, -0.2) is 4.39 Å². The summed E-state index contributed by atoms with van der Waals surface area (Å²) in [4.78, 5) is 3.13. The van der Waals surface area contributed by atoms with Gasteiger partial charge in [0.15, 0.2) is 0 Å². The van der Waals surface area contributed by atoms with Gasteiger partial charge in [-0.3, -0.25) is 0 Å². The SMILES string of the molecule is Cc1cc2c3c(c(F)cc2[nH]1)CCCO3. The van der Waals surface area contributed by atoms with Gasteiger partial charge in [-0.2, -0.15) is 0 Å². The van der Waals surface area contributed by atoms with Crippen LogP contribution < -0.4 is 4.74 Å². The lowest BCUT2D eigenvalue weighted by atomic mass is 10.0. The molecule has 2 aromatic rings. The van der Waals surface area contributed by atoms with Crippen molar-refractivity contribution >= 4 is 10.9 Å². The molecule has 0 amide bonds.